The predicted octanol–water partition coefficient (Wildman–Crippen LogP) is 4.34. The molecule has 0 aliphatic carbocycles. The van der Waals surface area contributed by atoms with Gasteiger partial charge in [0.15, 0.2) is 0 Å². The van der Waals surface area contributed by atoms with E-state index < -0.39 is 17.7 Å². The van der Waals surface area contributed by atoms with Gasteiger partial charge in [-0.15, -0.1) is 0 Å². The summed E-state index contributed by atoms with van der Waals surface area (Å²) in [4.78, 5) is 33.8. The van der Waals surface area contributed by atoms with Crippen LogP contribution >= 0.6 is 0 Å². The predicted molar refractivity (Wildman–Crippen MR) is 138 cm³/mol. The summed E-state index contributed by atoms with van der Waals surface area (Å²) in [5, 5.41) is 11.3. The molecule has 1 fully saturated rings. The number of likely N-dealkylation sites (tertiary alicyclic amines) is 1. The van der Waals surface area contributed by atoms with Crippen molar-refractivity contribution in [3.63, 3.8) is 0 Å². The third-order valence-electron chi connectivity index (χ3n) is 6.25. The number of benzene rings is 2. The molecule has 1 atom stereocenters. The van der Waals surface area contributed by atoms with E-state index in [-0.39, 0.29) is 11.3 Å². The van der Waals surface area contributed by atoms with Gasteiger partial charge in [-0.1, -0.05) is 30.3 Å². The minimum atomic E-state index is -0.679. The van der Waals surface area contributed by atoms with Gasteiger partial charge in [-0.3, -0.25) is 14.6 Å². The van der Waals surface area contributed by atoms with Gasteiger partial charge in [-0.25, -0.2) is 0 Å². The number of Topliss-reactive ketones (excluding diaryl/α,β-unsaturated/α-hetero) is 1. The third kappa shape index (κ3) is 5.47. The Labute approximate surface area is 211 Å². The van der Waals surface area contributed by atoms with Crippen molar-refractivity contribution < 1.29 is 19.4 Å². The van der Waals surface area contributed by atoms with E-state index in [2.05, 4.69) is 4.98 Å². The number of carbonyl (C=O) groups is 2. The summed E-state index contributed by atoms with van der Waals surface area (Å²) >= 11 is 0. The fourth-order valence-electron chi connectivity index (χ4n) is 4.41. The molecule has 1 aliphatic heterocycles. The summed E-state index contributed by atoms with van der Waals surface area (Å²) < 4.78 is 5.95. The average Bonchev–Trinajstić information content (AvgIpc) is 3.13. The van der Waals surface area contributed by atoms with Gasteiger partial charge < -0.3 is 19.6 Å². The number of ether oxygens (including phenoxy) is 1. The van der Waals surface area contributed by atoms with Crippen LogP contribution < -0.4 is 4.74 Å². The van der Waals surface area contributed by atoms with Crippen LogP contribution in [-0.2, 0) is 16.2 Å². The number of amides is 1. The highest BCUT2D eigenvalue weighted by atomic mass is 16.5. The van der Waals surface area contributed by atoms with Gasteiger partial charge in [0.25, 0.3) is 11.7 Å². The Hall–Kier alpha value is -3.97. The van der Waals surface area contributed by atoms with Crippen LogP contribution in [0.1, 0.15) is 34.7 Å². The number of ketones is 1. The molecule has 1 saturated heterocycles. The Bertz CT molecular complexity index is 1260. The van der Waals surface area contributed by atoms with E-state index in [4.69, 9.17) is 4.74 Å². The Morgan fingerprint density at radius 1 is 1.06 bits per heavy atom. The van der Waals surface area contributed by atoms with Crippen molar-refractivity contribution in [2.75, 3.05) is 27.2 Å². The molecule has 0 saturated carbocycles. The summed E-state index contributed by atoms with van der Waals surface area (Å²) in [7, 11) is 3.92. The Morgan fingerprint density at radius 2 is 1.78 bits per heavy atom. The van der Waals surface area contributed by atoms with Crippen LogP contribution in [0.15, 0.2) is 78.6 Å². The quantitative estimate of drug-likeness (QED) is 0.276. The molecule has 2 heterocycles. The second-order valence-corrected chi connectivity index (χ2v) is 9.18. The van der Waals surface area contributed by atoms with E-state index >= 15 is 0 Å². The highest BCUT2D eigenvalue weighted by molar-refractivity contribution is 6.46. The van der Waals surface area contributed by atoms with E-state index in [9.17, 15) is 14.7 Å². The number of aliphatic hydroxyl groups excluding tert-OH is 1. The first kappa shape index (κ1) is 25.1. The Kier molecular flexibility index (Phi) is 7.80. The first-order chi connectivity index (χ1) is 17.4. The lowest BCUT2D eigenvalue weighted by molar-refractivity contribution is -0.139. The summed E-state index contributed by atoms with van der Waals surface area (Å²) in [6.07, 6.45) is 3.95. The molecule has 0 spiro atoms. The van der Waals surface area contributed by atoms with Crippen LogP contribution in [0.4, 0.5) is 0 Å². The highest BCUT2D eigenvalue weighted by Crippen LogP contribution is 2.39. The van der Waals surface area contributed by atoms with Crippen LogP contribution in [0.3, 0.4) is 0 Å². The number of pyridine rings is 1. The zero-order valence-electron chi connectivity index (χ0n) is 20.8. The Balaban J connectivity index is 1.66. The van der Waals surface area contributed by atoms with Crippen LogP contribution in [0, 0.1) is 6.92 Å². The molecule has 2 aromatic carbocycles. The van der Waals surface area contributed by atoms with Gasteiger partial charge >= 0.3 is 0 Å². The minimum absolute atomic E-state index is 0.0911. The molecule has 1 unspecified atom stereocenters. The lowest BCUT2D eigenvalue weighted by Crippen LogP contribution is -2.32. The number of hydrogen-bond donors (Lipinski definition) is 1. The van der Waals surface area contributed by atoms with Gasteiger partial charge in [-0.2, -0.15) is 0 Å². The van der Waals surface area contributed by atoms with E-state index in [0.717, 1.165) is 23.2 Å². The van der Waals surface area contributed by atoms with Crippen LogP contribution in [0.2, 0.25) is 0 Å². The smallest absolute Gasteiger partial charge is 0.295 e. The van der Waals surface area contributed by atoms with Crippen molar-refractivity contribution in [3.8, 4) is 5.75 Å². The Morgan fingerprint density at radius 3 is 2.44 bits per heavy atom. The standard InChI is InChI=1S/C29H31N3O4/c1-20-18-23(10-11-24(20)36-19-21-8-5-4-6-9-21)27(33)25-26(22-12-14-30-15-13-22)32(29(35)28(25)34)17-7-16-31(2)3/h4-6,8-15,18,26,33H,7,16-17,19H2,1-3H3/b27-25+. The maximum Gasteiger partial charge on any atom is 0.295 e. The monoisotopic (exact) mass is 485 g/mol. The number of carbonyl (C=O) groups excluding carboxylic acids is 2. The lowest BCUT2D eigenvalue weighted by Gasteiger charge is -2.25. The minimum Gasteiger partial charge on any atom is -0.507 e. The maximum absolute atomic E-state index is 13.2. The third-order valence-corrected chi connectivity index (χ3v) is 6.25. The topological polar surface area (TPSA) is 83.0 Å². The SMILES string of the molecule is Cc1cc(/C(O)=C2\C(=O)C(=O)N(CCCN(C)C)C2c2ccncc2)ccc1OCc1ccccc1. The molecule has 1 N–H and O–H groups in total. The summed E-state index contributed by atoms with van der Waals surface area (Å²) in [5.41, 5.74) is 3.15. The van der Waals surface area contributed by atoms with Crippen molar-refractivity contribution in [1.82, 2.24) is 14.8 Å². The van der Waals surface area contributed by atoms with Gasteiger partial charge in [-0.05, 0) is 81.0 Å². The summed E-state index contributed by atoms with van der Waals surface area (Å²) in [5.74, 6) is -0.786. The van der Waals surface area contributed by atoms with Crippen molar-refractivity contribution in [1.29, 1.82) is 0 Å². The molecule has 7 heteroatoms. The zero-order valence-corrected chi connectivity index (χ0v) is 20.8. The fourth-order valence-corrected chi connectivity index (χ4v) is 4.41. The molecule has 1 amide bonds. The number of hydrogen-bond acceptors (Lipinski definition) is 6. The molecule has 4 rings (SSSR count). The highest BCUT2D eigenvalue weighted by Gasteiger charge is 2.45. The van der Waals surface area contributed by atoms with E-state index in [0.29, 0.717) is 30.9 Å². The van der Waals surface area contributed by atoms with Crippen molar-refractivity contribution in [3.05, 3.63) is 101 Å². The molecule has 1 aromatic heterocycles. The molecular weight excluding hydrogens is 454 g/mol. The molecule has 36 heavy (non-hydrogen) atoms. The molecule has 0 radical (unpaired) electrons. The lowest BCUT2D eigenvalue weighted by atomic mass is 9.95. The first-order valence-corrected chi connectivity index (χ1v) is 12.0. The average molecular weight is 486 g/mol. The van der Waals surface area contributed by atoms with Crippen LogP contribution in [0.25, 0.3) is 5.76 Å². The fraction of sp³-hybridized carbons (Fsp3) is 0.276. The molecule has 7 nitrogen and oxygen atoms in total. The number of aromatic nitrogens is 1. The number of aliphatic hydroxyl groups is 1. The molecule has 186 valence electrons. The summed E-state index contributed by atoms with van der Waals surface area (Å²) in [6.45, 7) is 3.48. The zero-order chi connectivity index (χ0) is 25.7. The van der Waals surface area contributed by atoms with Crippen LogP contribution in [0.5, 0.6) is 5.75 Å². The van der Waals surface area contributed by atoms with Gasteiger partial charge in [0.1, 0.15) is 18.1 Å². The number of aryl methyl sites for hydroxylation is 1. The first-order valence-electron chi connectivity index (χ1n) is 12.0. The van der Waals surface area contributed by atoms with Gasteiger partial charge in [0, 0.05) is 24.5 Å². The van der Waals surface area contributed by atoms with Crippen molar-refractivity contribution in [2.45, 2.75) is 26.0 Å². The van der Waals surface area contributed by atoms with Gasteiger partial charge in [0.05, 0.1) is 11.6 Å². The van der Waals surface area contributed by atoms with E-state index in [1.54, 1.807) is 47.6 Å². The molecule has 1 aliphatic rings. The van der Waals surface area contributed by atoms with Crippen molar-refractivity contribution >= 4 is 17.4 Å². The number of rotatable bonds is 9. The number of nitrogens with zero attached hydrogens (tertiary/aromatic N) is 3. The normalized spacial score (nSPS) is 17.1. The molecule has 0 bridgehead atoms. The second-order valence-electron chi connectivity index (χ2n) is 9.18. The van der Waals surface area contributed by atoms with E-state index in [1.165, 1.54) is 0 Å². The van der Waals surface area contributed by atoms with Crippen LogP contribution in [-0.4, -0.2) is 58.8 Å². The second kappa shape index (κ2) is 11.2. The molecular formula is C29H31N3O4. The van der Waals surface area contributed by atoms with Gasteiger partial charge in [0.2, 0.25) is 0 Å². The largest absolute Gasteiger partial charge is 0.507 e. The van der Waals surface area contributed by atoms with E-state index in [1.807, 2.05) is 56.3 Å². The summed E-state index contributed by atoms with van der Waals surface area (Å²) in [6, 6.07) is 18.0. The van der Waals surface area contributed by atoms with Crippen molar-refractivity contribution in [2.24, 2.45) is 0 Å². The maximum atomic E-state index is 13.2. The molecule has 3 aromatic rings.